The molecule has 3 aliphatic heterocycles. The molecule has 10 atom stereocenters. The van der Waals surface area contributed by atoms with E-state index in [-0.39, 0.29) is 34.1 Å². The van der Waals surface area contributed by atoms with E-state index in [1.165, 1.54) is 35.2 Å². The van der Waals surface area contributed by atoms with Crippen LogP contribution in [0.5, 0.6) is 0 Å². The molecule has 20 nitrogen and oxygen atoms in total. The van der Waals surface area contributed by atoms with Crippen molar-refractivity contribution in [2.75, 3.05) is 31.8 Å². The van der Waals surface area contributed by atoms with Crippen LogP contribution < -0.4 is 17.0 Å². The van der Waals surface area contributed by atoms with Crippen LogP contribution in [0.25, 0.3) is 22.3 Å². The summed E-state index contributed by atoms with van der Waals surface area (Å²) in [6.07, 6.45) is -7.46. The van der Waals surface area contributed by atoms with Crippen LogP contribution in [-0.2, 0) is 48.7 Å². The van der Waals surface area contributed by atoms with Gasteiger partial charge >= 0.3 is 6.72 Å². The molecule has 4 aromatic heterocycles. The van der Waals surface area contributed by atoms with Crippen molar-refractivity contribution < 1.29 is 46.2 Å². The number of nitrogens with one attached hydrogen (secondary N) is 1. The van der Waals surface area contributed by atoms with Crippen molar-refractivity contribution in [1.29, 1.82) is 0 Å². The minimum absolute atomic E-state index is 0.00190. The van der Waals surface area contributed by atoms with E-state index in [2.05, 4.69) is 29.9 Å². The molecule has 2 bridgehead atoms. The molecule has 0 aromatic carbocycles. The third-order valence-corrected chi connectivity index (χ3v) is 10.2. The minimum Gasteiger partial charge on any atom is -0.444 e. The number of ether oxygens (including phenoxy) is 3. The van der Waals surface area contributed by atoms with Crippen LogP contribution in [0.15, 0.2) is 23.8 Å². The molecule has 9 unspecified atom stereocenters. The molecule has 25 heteroatoms. The van der Waals surface area contributed by atoms with Crippen LogP contribution in [0.1, 0.15) is 12.5 Å². The molecular weight excluding hydrogens is 676 g/mol. The van der Waals surface area contributed by atoms with Crippen molar-refractivity contribution in [1.82, 2.24) is 39.0 Å². The summed E-state index contributed by atoms with van der Waals surface area (Å²) in [5, 5.41) is 0. The first-order chi connectivity index (χ1) is 21.9. The third-order valence-electron chi connectivity index (χ3n) is 7.55. The standard InChI is InChI=1S/C21H24BFN10O10P2S/c1-37-13-8-3-39-45(36,46)43-12-7(40-19(9(12)23)32-5-28-10-15(24)26-4-27-16(10)32)2-38-44(22,35)42-14(13)20(41-8)33-6-29-11-17(33)30-21(25)31-18(11)34/h4-9,12-14,19-20H,2-3H2,1H3,(H,36,46)(H2,24,26,27)(H3,25,30,31,34)/q-1/t7?,8?,9?,12?,13?,14?,19?,20?,44-,45?/m1/s1. The quantitative estimate of drug-likeness (QED) is 0.156. The Morgan fingerprint density at radius 2 is 1.74 bits per heavy atom. The van der Waals surface area contributed by atoms with Gasteiger partial charge in [-0.2, -0.15) is 4.98 Å². The Hall–Kier alpha value is -2.95. The Kier molecular flexibility index (Phi) is 8.00. The summed E-state index contributed by atoms with van der Waals surface area (Å²) in [7, 11) is 2.79. The fraction of sp³-hybridized carbons (Fsp3) is 0.524. The van der Waals surface area contributed by atoms with E-state index in [1.54, 1.807) is 0 Å². The molecule has 46 heavy (non-hydrogen) atoms. The highest BCUT2D eigenvalue weighted by molar-refractivity contribution is 8.07. The number of rotatable bonds is 3. The molecular formula is C21H24BFN10O10P2S-. The van der Waals surface area contributed by atoms with Gasteiger partial charge in [0.05, 0.1) is 33.3 Å². The first kappa shape index (κ1) is 31.6. The van der Waals surface area contributed by atoms with Crippen LogP contribution >= 0.6 is 14.2 Å². The molecule has 245 valence electrons. The van der Waals surface area contributed by atoms with Crippen molar-refractivity contribution >= 4 is 67.7 Å². The summed E-state index contributed by atoms with van der Waals surface area (Å²) in [5.74, 6) is -0.153. The number of aromatic nitrogens is 8. The molecule has 3 saturated heterocycles. The number of imidazole rings is 2. The van der Waals surface area contributed by atoms with Gasteiger partial charge in [-0.05, 0) is 11.8 Å². The average Bonchev–Trinajstić information content (AvgIpc) is 3.75. The lowest BCUT2D eigenvalue weighted by molar-refractivity contribution is -0.0594. The monoisotopic (exact) mass is 700 g/mol. The second-order valence-corrected chi connectivity index (χ2v) is 14.7. The highest BCUT2D eigenvalue weighted by atomic mass is 32.5. The number of fused-ring (bicyclic) bond motifs is 5. The maximum Gasteiger partial charge on any atom is 0.325 e. The number of methoxy groups -OCH3 is 1. The first-order valence-electron chi connectivity index (χ1n) is 13.4. The van der Waals surface area contributed by atoms with Crippen LogP contribution in [0.2, 0.25) is 0 Å². The van der Waals surface area contributed by atoms with Gasteiger partial charge in [-0.3, -0.25) is 23.4 Å². The number of hydrogen-bond donors (Lipinski definition) is 4. The topological polar surface area (TPSA) is 261 Å². The van der Waals surface area contributed by atoms with Crippen molar-refractivity contribution in [2.45, 2.75) is 49.1 Å². The van der Waals surface area contributed by atoms with E-state index in [4.69, 9.17) is 63.1 Å². The number of nitrogens with zero attached hydrogens (tertiary/aromatic N) is 7. The Balaban J connectivity index is 1.22. The Morgan fingerprint density at radius 3 is 2.50 bits per heavy atom. The predicted molar refractivity (Wildman–Crippen MR) is 157 cm³/mol. The largest absolute Gasteiger partial charge is 0.444 e. The molecule has 0 amide bonds. The molecule has 0 spiro atoms. The van der Waals surface area contributed by atoms with Crippen molar-refractivity contribution in [3.8, 4) is 0 Å². The molecule has 3 fully saturated rings. The van der Waals surface area contributed by atoms with Gasteiger partial charge in [-0.15, -0.1) is 0 Å². The summed E-state index contributed by atoms with van der Waals surface area (Å²) in [4.78, 5) is 46.0. The lowest BCUT2D eigenvalue weighted by Gasteiger charge is -2.34. The van der Waals surface area contributed by atoms with E-state index in [0.717, 1.165) is 0 Å². The Morgan fingerprint density at radius 1 is 1.04 bits per heavy atom. The van der Waals surface area contributed by atoms with E-state index in [1.807, 2.05) is 0 Å². The second kappa shape index (κ2) is 11.6. The lowest BCUT2D eigenvalue weighted by atomic mass is 10.1. The zero-order chi connectivity index (χ0) is 32.5. The SMILES string of the molecule is [B-][P@@]1(=O)OCC2OC(n3cnc4c(N)ncnc43)C(F)C2OP(O)(=S)OCC2OC(n3cnc4c(=O)[nH]c(N)nc43)C(O1)C2OC. The van der Waals surface area contributed by atoms with Gasteiger partial charge in [-0.1, -0.05) is 0 Å². The number of anilines is 2. The van der Waals surface area contributed by atoms with E-state index >= 15 is 4.39 Å². The molecule has 3 radical (unpaired) electrons. The smallest absolute Gasteiger partial charge is 0.325 e. The van der Waals surface area contributed by atoms with Crippen LogP contribution in [0.4, 0.5) is 16.2 Å². The molecule has 3 aliphatic rings. The molecule has 6 N–H and O–H groups in total. The fourth-order valence-electron chi connectivity index (χ4n) is 5.56. The Labute approximate surface area is 263 Å². The normalized spacial score (nSPS) is 37.1. The molecule has 0 aliphatic carbocycles. The number of hydrogen-bond acceptors (Lipinski definition) is 17. The number of nitrogens with two attached hydrogens (primary N) is 2. The Bertz CT molecular complexity index is 1970. The molecule has 4 aromatic rings. The third kappa shape index (κ3) is 5.54. The maximum absolute atomic E-state index is 16.1. The predicted octanol–water partition coefficient (Wildman–Crippen LogP) is -0.418. The van der Waals surface area contributed by atoms with Crippen LogP contribution in [-0.4, -0.2) is 109 Å². The molecule has 7 heterocycles. The zero-order valence-corrected chi connectivity index (χ0v) is 26.0. The number of alkyl halides is 1. The highest BCUT2D eigenvalue weighted by Gasteiger charge is 2.52. The lowest BCUT2D eigenvalue weighted by Crippen LogP contribution is -2.37. The molecule has 7 rings (SSSR count). The van der Waals surface area contributed by atoms with Gasteiger partial charge in [-0.25, -0.2) is 24.3 Å². The second-order valence-electron chi connectivity index (χ2n) is 10.4. The van der Waals surface area contributed by atoms with E-state index in [9.17, 15) is 14.3 Å². The van der Waals surface area contributed by atoms with E-state index in [0.29, 0.717) is 0 Å². The number of halogens is 1. The number of nitrogen functional groups attached to an aromatic ring is 2. The summed E-state index contributed by atoms with van der Waals surface area (Å²) in [6.45, 7) is -5.36. The van der Waals surface area contributed by atoms with Gasteiger partial charge in [0.2, 0.25) is 5.95 Å². The minimum atomic E-state index is -4.54. The average molecular weight is 700 g/mol. The number of H-pyrrole nitrogens is 1. The summed E-state index contributed by atoms with van der Waals surface area (Å²) in [6, 6.07) is 0. The fourth-order valence-corrected chi connectivity index (χ4v) is 7.97. The highest BCUT2D eigenvalue weighted by Crippen LogP contribution is 2.54. The summed E-state index contributed by atoms with van der Waals surface area (Å²) < 4.78 is 72.3. The van der Waals surface area contributed by atoms with Gasteiger partial charge in [0, 0.05) is 7.11 Å². The van der Waals surface area contributed by atoms with Gasteiger partial charge in [0.1, 0.15) is 42.4 Å². The summed E-state index contributed by atoms with van der Waals surface area (Å²) >= 11 is 5.22. The molecule has 0 saturated carbocycles. The van der Waals surface area contributed by atoms with Crippen molar-refractivity contribution in [3.05, 3.63) is 29.3 Å². The van der Waals surface area contributed by atoms with Gasteiger partial charge in [0.15, 0.2) is 41.3 Å². The van der Waals surface area contributed by atoms with Crippen LogP contribution in [0.3, 0.4) is 0 Å². The maximum atomic E-state index is 16.1. The van der Waals surface area contributed by atoms with E-state index < -0.39 is 82.1 Å². The first-order valence-corrected chi connectivity index (χ1v) is 17.6. The van der Waals surface area contributed by atoms with Crippen molar-refractivity contribution in [2.24, 2.45) is 0 Å². The van der Waals surface area contributed by atoms with Crippen molar-refractivity contribution in [3.63, 3.8) is 0 Å². The zero-order valence-electron chi connectivity index (χ0n) is 23.4. The van der Waals surface area contributed by atoms with Gasteiger partial charge in [0.25, 0.3) is 5.56 Å². The summed E-state index contributed by atoms with van der Waals surface area (Å²) in [5.41, 5.74) is 11.2. The van der Waals surface area contributed by atoms with Gasteiger partial charge < -0.3 is 56.3 Å². The number of aromatic amines is 1. The van der Waals surface area contributed by atoms with Crippen LogP contribution in [0, 0.1) is 0 Å².